The highest BCUT2D eigenvalue weighted by atomic mass is 32.2. The standard InChI is InChI=1S/C16H25N3O2S/c1-3-6-12-9-14(20)19-16(17-12)22-10-15(21)18-13-8-5-4-7-11(13)2/h9,11,13H,3-8,10H2,1-2H3,(H,18,21)(H,17,19,20)/t11-,13-/m1/s1. The summed E-state index contributed by atoms with van der Waals surface area (Å²) in [5, 5.41) is 3.64. The lowest BCUT2D eigenvalue weighted by atomic mass is 9.86. The predicted octanol–water partition coefficient (Wildman–Crippen LogP) is 2.51. The van der Waals surface area contributed by atoms with Crippen molar-refractivity contribution in [2.24, 2.45) is 5.92 Å². The summed E-state index contributed by atoms with van der Waals surface area (Å²) in [7, 11) is 0. The molecule has 1 aliphatic rings. The van der Waals surface area contributed by atoms with E-state index >= 15 is 0 Å². The average molecular weight is 323 g/mol. The van der Waals surface area contributed by atoms with Crippen molar-refractivity contribution in [3.05, 3.63) is 22.1 Å². The van der Waals surface area contributed by atoms with Gasteiger partial charge in [-0.2, -0.15) is 0 Å². The van der Waals surface area contributed by atoms with Gasteiger partial charge in [0, 0.05) is 17.8 Å². The van der Waals surface area contributed by atoms with Crippen LogP contribution in [0.4, 0.5) is 0 Å². The van der Waals surface area contributed by atoms with Gasteiger partial charge in [-0.3, -0.25) is 9.59 Å². The molecular formula is C16H25N3O2S. The molecule has 1 saturated carbocycles. The zero-order chi connectivity index (χ0) is 15.9. The van der Waals surface area contributed by atoms with Crippen molar-refractivity contribution in [2.45, 2.75) is 63.6 Å². The summed E-state index contributed by atoms with van der Waals surface area (Å²) in [5.41, 5.74) is 0.636. The van der Waals surface area contributed by atoms with Crippen molar-refractivity contribution in [3.8, 4) is 0 Å². The minimum Gasteiger partial charge on any atom is -0.352 e. The molecule has 1 fully saturated rings. The molecule has 0 saturated heterocycles. The highest BCUT2D eigenvalue weighted by Gasteiger charge is 2.22. The number of rotatable bonds is 6. The Hall–Kier alpha value is -1.30. The third kappa shape index (κ3) is 5.16. The van der Waals surface area contributed by atoms with Gasteiger partial charge in [0.25, 0.3) is 5.56 Å². The molecule has 2 N–H and O–H groups in total. The van der Waals surface area contributed by atoms with Crippen LogP contribution in [0.5, 0.6) is 0 Å². The van der Waals surface area contributed by atoms with Crippen LogP contribution in [0.1, 0.15) is 51.6 Å². The Bertz CT molecular complexity index is 559. The van der Waals surface area contributed by atoms with E-state index < -0.39 is 0 Å². The number of carbonyl (C=O) groups excluding carboxylic acids is 1. The van der Waals surface area contributed by atoms with Gasteiger partial charge in [-0.05, 0) is 25.2 Å². The normalized spacial score (nSPS) is 21.5. The van der Waals surface area contributed by atoms with Crippen molar-refractivity contribution in [2.75, 3.05) is 5.75 Å². The lowest BCUT2D eigenvalue weighted by Crippen LogP contribution is -2.41. The summed E-state index contributed by atoms with van der Waals surface area (Å²) in [5.74, 6) is 0.864. The van der Waals surface area contributed by atoms with Crippen LogP contribution in [0, 0.1) is 5.92 Å². The van der Waals surface area contributed by atoms with Gasteiger partial charge in [0.2, 0.25) is 5.91 Å². The molecular weight excluding hydrogens is 298 g/mol. The molecule has 0 bridgehead atoms. The van der Waals surface area contributed by atoms with E-state index in [2.05, 4.69) is 29.1 Å². The Kier molecular flexibility index (Phi) is 6.49. The van der Waals surface area contributed by atoms with Crippen molar-refractivity contribution in [1.29, 1.82) is 0 Å². The fraction of sp³-hybridized carbons (Fsp3) is 0.688. The number of amides is 1. The first-order valence-electron chi connectivity index (χ1n) is 8.11. The highest BCUT2D eigenvalue weighted by molar-refractivity contribution is 7.99. The van der Waals surface area contributed by atoms with Crippen LogP contribution in [-0.4, -0.2) is 27.7 Å². The topological polar surface area (TPSA) is 74.8 Å². The smallest absolute Gasteiger partial charge is 0.251 e. The van der Waals surface area contributed by atoms with Gasteiger partial charge in [0.05, 0.1) is 5.75 Å². The zero-order valence-electron chi connectivity index (χ0n) is 13.4. The van der Waals surface area contributed by atoms with E-state index in [-0.39, 0.29) is 11.5 Å². The minimum atomic E-state index is -0.151. The van der Waals surface area contributed by atoms with Gasteiger partial charge in [-0.15, -0.1) is 0 Å². The number of aryl methyl sites for hydroxylation is 1. The summed E-state index contributed by atoms with van der Waals surface area (Å²) >= 11 is 1.29. The number of hydrogen-bond donors (Lipinski definition) is 2. The number of thioether (sulfide) groups is 1. The number of nitrogens with zero attached hydrogens (tertiary/aromatic N) is 1. The molecule has 2 atom stereocenters. The van der Waals surface area contributed by atoms with Crippen molar-refractivity contribution in [3.63, 3.8) is 0 Å². The van der Waals surface area contributed by atoms with Crippen LogP contribution in [0.2, 0.25) is 0 Å². The van der Waals surface area contributed by atoms with Gasteiger partial charge in [0.1, 0.15) is 0 Å². The van der Waals surface area contributed by atoms with E-state index in [1.807, 2.05) is 0 Å². The van der Waals surface area contributed by atoms with Crippen LogP contribution in [0.15, 0.2) is 16.0 Å². The number of carbonyl (C=O) groups is 1. The molecule has 22 heavy (non-hydrogen) atoms. The second-order valence-electron chi connectivity index (χ2n) is 6.02. The molecule has 1 amide bonds. The van der Waals surface area contributed by atoms with Crippen LogP contribution in [-0.2, 0) is 11.2 Å². The lowest BCUT2D eigenvalue weighted by molar-refractivity contribution is -0.119. The summed E-state index contributed by atoms with van der Waals surface area (Å²) < 4.78 is 0. The van der Waals surface area contributed by atoms with Gasteiger partial charge in [-0.25, -0.2) is 4.98 Å². The van der Waals surface area contributed by atoms with E-state index in [1.165, 1.54) is 37.1 Å². The Morgan fingerprint density at radius 3 is 2.95 bits per heavy atom. The Morgan fingerprint density at radius 1 is 1.45 bits per heavy atom. The summed E-state index contributed by atoms with van der Waals surface area (Å²) in [6.07, 6.45) is 6.43. The third-order valence-electron chi connectivity index (χ3n) is 4.08. The summed E-state index contributed by atoms with van der Waals surface area (Å²) in [4.78, 5) is 30.7. The maximum absolute atomic E-state index is 12.1. The number of hydrogen-bond acceptors (Lipinski definition) is 4. The molecule has 6 heteroatoms. The zero-order valence-corrected chi connectivity index (χ0v) is 14.2. The molecule has 5 nitrogen and oxygen atoms in total. The Morgan fingerprint density at radius 2 is 2.23 bits per heavy atom. The average Bonchev–Trinajstić information content (AvgIpc) is 2.47. The second-order valence-corrected chi connectivity index (χ2v) is 6.98. The number of aromatic amines is 1. The molecule has 0 radical (unpaired) electrons. The molecule has 122 valence electrons. The van der Waals surface area contributed by atoms with E-state index in [0.29, 0.717) is 22.9 Å². The molecule has 2 rings (SSSR count). The second kappa shape index (κ2) is 8.36. The van der Waals surface area contributed by atoms with E-state index in [1.54, 1.807) is 0 Å². The number of nitrogens with one attached hydrogen (secondary N) is 2. The van der Waals surface area contributed by atoms with E-state index in [0.717, 1.165) is 25.0 Å². The quantitative estimate of drug-likeness (QED) is 0.623. The number of H-pyrrole nitrogens is 1. The van der Waals surface area contributed by atoms with Gasteiger partial charge in [0.15, 0.2) is 5.16 Å². The third-order valence-corrected chi connectivity index (χ3v) is 4.95. The molecule has 0 spiro atoms. The first-order valence-corrected chi connectivity index (χ1v) is 9.09. The van der Waals surface area contributed by atoms with Gasteiger partial charge < -0.3 is 10.3 Å². The van der Waals surface area contributed by atoms with Crippen LogP contribution < -0.4 is 10.9 Å². The molecule has 0 aliphatic heterocycles. The van der Waals surface area contributed by atoms with Crippen molar-refractivity contribution in [1.82, 2.24) is 15.3 Å². The fourth-order valence-corrected chi connectivity index (χ4v) is 3.55. The number of aromatic nitrogens is 2. The summed E-state index contributed by atoms with van der Waals surface area (Å²) in [6.45, 7) is 4.25. The lowest BCUT2D eigenvalue weighted by Gasteiger charge is -2.29. The molecule has 1 aromatic heterocycles. The summed E-state index contributed by atoms with van der Waals surface area (Å²) in [6, 6.07) is 1.82. The molecule has 1 heterocycles. The Balaban J connectivity index is 1.86. The largest absolute Gasteiger partial charge is 0.352 e. The molecule has 1 aliphatic carbocycles. The highest BCUT2D eigenvalue weighted by Crippen LogP contribution is 2.23. The van der Waals surface area contributed by atoms with Crippen LogP contribution >= 0.6 is 11.8 Å². The van der Waals surface area contributed by atoms with E-state index in [9.17, 15) is 9.59 Å². The maximum atomic E-state index is 12.1. The van der Waals surface area contributed by atoms with Gasteiger partial charge in [-0.1, -0.05) is 44.9 Å². The van der Waals surface area contributed by atoms with Crippen LogP contribution in [0.25, 0.3) is 0 Å². The van der Waals surface area contributed by atoms with Crippen molar-refractivity contribution < 1.29 is 4.79 Å². The molecule has 0 unspecified atom stereocenters. The van der Waals surface area contributed by atoms with E-state index in [4.69, 9.17) is 0 Å². The predicted molar refractivity (Wildman–Crippen MR) is 89.1 cm³/mol. The Labute approximate surface area is 135 Å². The molecule has 1 aromatic rings. The first kappa shape index (κ1) is 17.1. The monoisotopic (exact) mass is 323 g/mol. The first-order chi connectivity index (χ1) is 10.6. The molecule has 0 aromatic carbocycles. The van der Waals surface area contributed by atoms with Gasteiger partial charge >= 0.3 is 0 Å². The van der Waals surface area contributed by atoms with Crippen molar-refractivity contribution >= 4 is 17.7 Å². The van der Waals surface area contributed by atoms with Crippen LogP contribution in [0.3, 0.4) is 0 Å². The maximum Gasteiger partial charge on any atom is 0.251 e. The SMILES string of the molecule is CCCc1cc(=O)[nH]c(SCC(=O)N[C@@H]2CCCC[C@H]2C)n1. The fourth-order valence-electron chi connectivity index (χ4n) is 2.85. The minimum absolute atomic E-state index is 0.0206.